The zero-order valence-corrected chi connectivity index (χ0v) is 11.0. The molecular weight excluding hydrogens is 214 g/mol. The van der Waals surface area contributed by atoms with E-state index in [1.54, 1.807) is 0 Å². The highest BCUT2D eigenvalue weighted by Gasteiger charge is 2.41. The highest BCUT2D eigenvalue weighted by molar-refractivity contribution is 5.78. The van der Waals surface area contributed by atoms with Gasteiger partial charge in [0.1, 0.15) is 0 Å². The van der Waals surface area contributed by atoms with Gasteiger partial charge in [-0.25, -0.2) is 0 Å². The molecule has 0 radical (unpaired) electrons. The lowest BCUT2D eigenvalue weighted by Crippen LogP contribution is -2.41. The Labute approximate surface area is 104 Å². The summed E-state index contributed by atoms with van der Waals surface area (Å²) in [5, 5.41) is 6.44. The van der Waals surface area contributed by atoms with Gasteiger partial charge in [-0.1, -0.05) is 13.3 Å². The maximum atomic E-state index is 11.8. The number of rotatable bonds is 5. The highest BCUT2D eigenvalue weighted by Crippen LogP contribution is 2.31. The number of nitrogens with one attached hydrogen (secondary N) is 2. The summed E-state index contributed by atoms with van der Waals surface area (Å²) in [6.07, 6.45) is 2.21. The van der Waals surface area contributed by atoms with Gasteiger partial charge in [-0.3, -0.25) is 9.69 Å². The Kier molecular flexibility index (Phi) is 4.40. The van der Waals surface area contributed by atoms with Crippen LogP contribution in [0, 0.1) is 11.8 Å². The van der Waals surface area contributed by atoms with Crippen LogP contribution in [0.5, 0.6) is 0 Å². The fourth-order valence-electron chi connectivity index (χ4n) is 3.11. The molecule has 2 saturated heterocycles. The van der Waals surface area contributed by atoms with E-state index < -0.39 is 0 Å². The summed E-state index contributed by atoms with van der Waals surface area (Å²) in [5.74, 6) is 1.70. The Hall–Kier alpha value is -0.610. The average Bonchev–Trinajstić information content (AvgIpc) is 2.84. The zero-order valence-electron chi connectivity index (χ0n) is 11.0. The summed E-state index contributed by atoms with van der Waals surface area (Å²) < 4.78 is 0. The third-order valence-corrected chi connectivity index (χ3v) is 4.26. The van der Waals surface area contributed by atoms with Crippen molar-refractivity contribution in [3.63, 3.8) is 0 Å². The lowest BCUT2D eigenvalue weighted by molar-refractivity contribution is -0.122. The molecule has 4 nitrogen and oxygen atoms in total. The van der Waals surface area contributed by atoms with Gasteiger partial charge in [0.25, 0.3) is 0 Å². The molecule has 3 atom stereocenters. The first-order valence-corrected chi connectivity index (χ1v) is 6.93. The molecule has 2 fully saturated rings. The van der Waals surface area contributed by atoms with Crippen molar-refractivity contribution >= 4 is 5.91 Å². The van der Waals surface area contributed by atoms with Gasteiger partial charge in [0.2, 0.25) is 5.91 Å². The van der Waals surface area contributed by atoms with Crippen LogP contribution < -0.4 is 10.6 Å². The first-order valence-electron chi connectivity index (χ1n) is 6.93. The van der Waals surface area contributed by atoms with E-state index in [-0.39, 0.29) is 5.91 Å². The number of likely N-dealkylation sites (tertiary alicyclic amines) is 1. The molecule has 2 aliphatic heterocycles. The van der Waals surface area contributed by atoms with Gasteiger partial charge in [-0.2, -0.15) is 0 Å². The van der Waals surface area contributed by atoms with Crippen LogP contribution in [0.25, 0.3) is 0 Å². The molecule has 0 saturated carbocycles. The standard InChI is InChI=1S/C13H25N3O/c1-3-4-5-15-13(17)9-16-8-11-6-14-7-12(11)10(16)2/h10-12,14H,3-9H2,1-2H3,(H,15,17). The van der Waals surface area contributed by atoms with Gasteiger partial charge in [-0.15, -0.1) is 0 Å². The summed E-state index contributed by atoms with van der Waals surface area (Å²) in [6.45, 7) is 9.15. The molecule has 0 bridgehead atoms. The number of amides is 1. The van der Waals surface area contributed by atoms with Gasteiger partial charge in [-0.05, 0) is 38.3 Å². The van der Waals surface area contributed by atoms with Crippen molar-refractivity contribution in [2.24, 2.45) is 11.8 Å². The minimum atomic E-state index is 0.193. The van der Waals surface area contributed by atoms with Gasteiger partial charge in [0.05, 0.1) is 6.54 Å². The summed E-state index contributed by atoms with van der Waals surface area (Å²) in [6, 6.07) is 0.548. The topological polar surface area (TPSA) is 44.4 Å². The zero-order chi connectivity index (χ0) is 12.3. The largest absolute Gasteiger partial charge is 0.355 e. The molecule has 98 valence electrons. The lowest BCUT2D eigenvalue weighted by Gasteiger charge is -2.23. The Morgan fingerprint density at radius 1 is 1.47 bits per heavy atom. The SMILES string of the molecule is CCCCNC(=O)CN1CC2CNCC2C1C. The Bertz CT molecular complexity index is 269. The van der Waals surface area contributed by atoms with Crippen LogP contribution in [0.4, 0.5) is 0 Å². The van der Waals surface area contributed by atoms with Crippen LogP contribution in [-0.2, 0) is 4.79 Å². The van der Waals surface area contributed by atoms with E-state index in [1.807, 2.05) is 0 Å². The maximum absolute atomic E-state index is 11.8. The van der Waals surface area contributed by atoms with E-state index in [9.17, 15) is 4.79 Å². The summed E-state index contributed by atoms with van der Waals surface area (Å²) in [5.41, 5.74) is 0. The maximum Gasteiger partial charge on any atom is 0.234 e. The molecule has 17 heavy (non-hydrogen) atoms. The molecule has 0 aliphatic carbocycles. The molecular formula is C13H25N3O. The van der Waals surface area contributed by atoms with Crippen LogP contribution >= 0.6 is 0 Å². The number of carbonyl (C=O) groups excluding carboxylic acids is 1. The van der Waals surface area contributed by atoms with E-state index in [1.165, 1.54) is 0 Å². The number of unbranched alkanes of at least 4 members (excludes halogenated alkanes) is 1. The minimum absolute atomic E-state index is 0.193. The van der Waals surface area contributed by atoms with Crippen LogP contribution in [-0.4, -0.2) is 49.6 Å². The first kappa shape index (κ1) is 12.8. The van der Waals surface area contributed by atoms with Crippen molar-refractivity contribution in [3.8, 4) is 0 Å². The number of fused-ring (bicyclic) bond motifs is 1. The molecule has 0 aromatic rings. The van der Waals surface area contributed by atoms with E-state index in [4.69, 9.17) is 0 Å². The fraction of sp³-hybridized carbons (Fsp3) is 0.923. The van der Waals surface area contributed by atoms with Crippen LogP contribution in [0.2, 0.25) is 0 Å². The third-order valence-electron chi connectivity index (χ3n) is 4.26. The van der Waals surface area contributed by atoms with Gasteiger partial charge in [0, 0.05) is 19.1 Å². The molecule has 2 heterocycles. The summed E-state index contributed by atoms with van der Waals surface area (Å²) >= 11 is 0. The first-order chi connectivity index (χ1) is 8.22. The molecule has 0 aromatic heterocycles. The predicted molar refractivity (Wildman–Crippen MR) is 68.8 cm³/mol. The molecule has 0 aromatic carbocycles. The van der Waals surface area contributed by atoms with Crippen molar-refractivity contribution < 1.29 is 4.79 Å². The number of carbonyl (C=O) groups is 1. The summed E-state index contributed by atoms with van der Waals surface area (Å²) in [7, 11) is 0. The Morgan fingerprint density at radius 3 is 3.00 bits per heavy atom. The van der Waals surface area contributed by atoms with Crippen molar-refractivity contribution in [2.45, 2.75) is 32.7 Å². The average molecular weight is 239 g/mol. The number of hydrogen-bond donors (Lipinski definition) is 2. The second kappa shape index (κ2) is 5.83. The summed E-state index contributed by atoms with van der Waals surface area (Å²) in [4.78, 5) is 14.1. The molecule has 3 unspecified atom stereocenters. The lowest BCUT2D eigenvalue weighted by atomic mass is 9.95. The fourth-order valence-corrected chi connectivity index (χ4v) is 3.11. The third kappa shape index (κ3) is 2.99. The van der Waals surface area contributed by atoms with E-state index >= 15 is 0 Å². The van der Waals surface area contributed by atoms with Crippen molar-refractivity contribution in [1.82, 2.24) is 15.5 Å². The van der Waals surface area contributed by atoms with Crippen molar-refractivity contribution in [2.75, 3.05) is 32.7 Å². The van der Waals surface area contributed by atoms with Crippen LogP contribution in [0.15, 0.2) is 0 Å². The molecule has 2 rings (SSSR count). The van der Waals surface area contributed by atoms with Crippen LogP contribution in [0.3, 0.4) is 0 Å². The Morgan fingerprint density at radius 2 is 2.29 bits per heavy atom. The minimum Gasteiger partial charge on any atom is -0.355 e. The number of nitrogens with zero attached hydrogens (tertiary/aromatic N) is 1. The Balaban J connectivity index is 1.74. The van der Waals surface area contributed by atoms with Crippen LogP contribution in [0.1, 0.15) is 26.7 Å². The molecule has 2 N–H and O–H groups in total. The van der Waals surface area contributed by atoms with Crippen molar-refractivity contribution in [3.05, 3.63) is 0 Å². The number of hydrogen-bond acceptors (Lipinski definition) is 3. The second-order valence-electron chi connectivity index (χ2n) is 5.46. The van der Waals surface area contributed by atoms with Gasteiger partial charge < -0.3 is 10.6 Å². The van der Waals surface area contributed by atoms with Gasteiger partial charge >= 0.3 is 0 Å². The van der Waals surface area contributed by atoms with E-state index in [0.717, 1.165) is 50.9 Å². The predicted octanol–water partition coefficient (Wildman–Crippen LogP) is 0.442. The molecule has 2 aliphatic rings. The van der Waals surface area contributed by atoms with Gasteiger partial charge in [0.15, 0.2) is 0 Å². The smallest absolute Gasteiger partial charge is 0.234 e. The monoisotopic (exact) mass is 239 g/mol. The quantitative estimate of drug-likeness (QED) is 0.684. The normalized spacial score (nSPS) is 32.7. The second-order valence-corrected chi connectivity index (χ2v) is 5.46. The highest BCUT2D eigenvalue weighted by atomic mass is 16.2. The van der Waals surface area contributed by atoms with E-state index in [0.29, 0.717) is 12.6 Å². The van der Waals surface area contributed by atoms with E-state index in [2.05, 4.69) is 29.4 Å². The molecule has 1 amide bonds. The molecule has 0 spiro atoms. The molecule has 4 heteroatoms. The van der Waals surface area contributed by atoms with Crippen molar-refractivity contribution in [1.29, 1.82) is 0 Å².